The Labute approximate surface area is 217 Å². The quantitative estimate of drug-likeness (QED) is 0.158. The highest BCUT2D eigenvalue weighted by molar-refractivity contribution is 5.89. The summed E-state index contributed by atoms with van der Waals surface area (Å²) in [5.74, 6) is 1.10. The maximum atomic E-state index is 12.4. The maximum Gasteiger partial charge on any atom is 0.277 e. The molecule has 0 unspecified atom stereocenters. The highest BCUT2D eigenvalue weighted by Gasteiger charge is 2.12. The van der Waals surface area contributed by atoms with Crippen molar-refractivity contribution in [2.75, 3.05) is 13.2 Å². The minimum absolute atomic E-state index is 0.152. The van der Waals surface area contributed by atoms with E-state index in [4.69, 9.17) is 14.6 Å². The van der Waals surface area contributed by atoms with Crippen LogP contribution in [0.5, 0.6) is 11.5 Å². The standard InChI is InChI=1S/C30H30N4O3/c1-3-10-23-11-8-9-14-28(23)37-22-29(35)32-31-20-25-21-34(26-12-6-5-7-13-26)33-30(25)24-15-17-27(18-16-24)36-19-4-2/h3,5-9,11-18,20-21H,1,4,10,19,22H2,2H3,(H,32,35)/b31-20-. The van der Waals surface area contributed by atoms with E-state index in [9.17, 15) is 4.79 Å². The number of aromatic nitrogens is 2. The van der Waals surface area contributed by atoms with Crippen molar-refractivity contribution in [3.05, 3.63) is 109 Å². The fourth-order valence-corrected chi connectivity index (χ4v) is 3.67. The van der Waals surface area contributed by atoms with Crippen LogP contribution in [0.3, 0.4) is 0 Å². The maximum absolute atomic E-state index is 12.4. The molecule has 1 amide bonds. The van der Waals surface area contributed by atoms with Gasteiger partial charge >= 0.3 is 0 Å². The summed E-state index contributed by atoms with van der Waals surface area (Å²) >= 11 is 0. The molecule has 1 N–H and O–H groups in total. The van der Waals surface area contributed by atoms with Crippen molar-refractivity contribution in [3.8, 4) is 28.4 Å². The Kier molecular flexibility index (Phi) is 8.86. The second kappa shape index (κ2) is 12.9. The molecule has 0 aliphatic rings. The number of hydrogen-bond acceptors (Lipinski definition) is 5. The summed E-state index contributed by atoms with van der Waals surface area (Å²) in [4.78, 5) is 12.4. The zero-order valence-electron chi connectivity index (χ0n) is 20.8. The van der Waals surface area contributed by atoms with Gasteiger partial charge in [0.15, 0.2) is 6.61 Å². The van der Waals surface area contributed by atoms with Gasteiger partial charge in [0.1, 0.15) is 17.2 Å². The third-order valence-corrected chi connectivity index (χ3v) is 5.45. The first-order valence-corrected chi connectivity index (χ1v) is 12.2. The number of carbonyl (C=O) groups is 1. The molecular formula is C30H30N4O3. The first kappa shape index (κ1) is 25.4. The van der Waals surface area contributed by atoms with Crippen molar-refractivity contribution in [2.45, 2.75) is 19.8 Å². The molecule has 7 heteroatoms. The van der Waals surface area contributed by atoms with Crippen LogP contribution in [0.2, 0.25) is 0 Å². The minimum atomic E-state index is -0.362. The molecule has 37 heavy (non-hydrogen) atoms. The smallest absolute Gasteiger partial charge is 0.277 e. The van der Waals surface area contributed by atoms with Crippen molar-refractivity contribution in [1.82, 2.24) is 15.2 Å². The summed E-state index contributed by atoms with van der Waals surface area (Å²) in [5.41, 5.74) is 6.83. The first-order valence-electron chi connectivity index (χ1n) is 12.2. The van der Waals surface area contributed by atoms with Gasteiger partial charge < -0.3 is 9.47 Å². The minimum Gasteiger partial charge on any atom is -0.494 e. The molecule has 1 aromatic heterocycles. The zero-order chi connectivity index (χ0) is 25.9. The van der Waals surface area contributed by atoms with Crippen LogP contribution in [0.1, 0.15) is 24.5 Å². The number of benzene rings is 3. The normalized spacial score (nSPS) is 10.8. The lowest BCUT2D eigenvalue weighted by Crippen LogP contribution is -2.24. The number of para-hydroxylation sites is 2. The zero-order valence-corrected chi connectivity index (χ0v) is 20.8. The fraction of sp³-hybridized carbons (Fsp3) is 0.167. The highest BCUT2D eigenvalue weighted by atomic mass is 16.5. The van der Waals surface area contributed by atoms with Gasteiger partial charge in [0, 0.05) is 17.3 Å². The van der Waals surface area contributed by atoms with Crippen LogP contribution in [-0.2, 0) is 11.2 Å². The Morgan fingerprint density at radius 3 is 2.54 bits per heavy atom. The van der Waals surface area contributed by atoms with Crippen LogP contribution in [0.15, 0.2) is 103 Å². The van der Waals surface area contributed by atoms with E-state index in [0.717, 1.165) is 40.2 Å². The van der Waals surface area contributed by atoms with Gasteiger partial charge in [0.05, 0.1) is 18.5 Å². The summed E-state index contributed by atoms with van der Waals surface area (Å²) < 4.78 is 13.2. The molecule has 7 nitrogen and oxygen atoms in total. The number of hydrogen-bond donors (Lipinski definition) is 1. The molecule has 188 valence electrons. The van der Waals surface area contributed by atoms with Gasteiger partial charge in [-0.2, -0.15) is 10.2 Å². The third-order valence-electron chi connectivity index (χ3n) is 5.45. The number of hydrazone groups is 1. The molecule has 0 aliphatic carbocycles. The Morgan fingerprint density at radius 1 is 1.03 bits per heavy atom. The SMILES string of the molecule is C=CCc1ccccc1OCC(=O)N/N=C\c1cn(-c2ccccc2)nc1-c1ccc(OCCC)cc1. The average molecular weight is 495 g/mol. The average Bonchev–Trinajstić information content (AvgIpc) is 3.36. The van der Waals surface area contributed by atoms with Crippen molar-refractivity contribution in [3.63, 3.8) is 0 Å². The second-order valence-electron chi connectivity index (χ2n) is 8.27. The number of allylic oxidation sites excluding steroid dienone is 1. The molecule has 3 aromatic carbocycles. The largest absolute Gasteiger partial charge is 0.494 e. The second-order valence-corrected chi connectivity index (χ2v) is 8.27. The molecule has 1 heterocycles. The molecule has 0 fully saturated rings. The van der Waals surface area contributed by atoms with Crippen molar-refractivity contribution in [2.24, 2.45) is 5.10 Å². The van der Waals surface area contributed by atoms with Gasteiger partial charge in [-0.25, -0.2) is 10.1 Å². The Hall–Kier alpha value is -4.65. The van der Waals surface area contributed by atoms with Gasteiger partial charge in [-0.15, -0.1) is 6.58 Å². The molecule has 0 atom stereocenters. The monoisotopic (exact) mass is 494 g/mol. The lowest BCUT2D eigenvalue weighted by Gasteiger charge is -2.09. The van der Waals surface area contributed by atoms with E-state index < -0.39 is 0 Å². The summed E-state index contributed by atoms with van der Waals surface area (Å²) in [5, 5.41) is 8.95. The molecule has 4 rings (SSSR count). The molecule has 0 saturated heterocycles. The van der Waals surface area contributed by atoms with E-state index >= 15 is 0 Å². The van der Waals surface area contributed by atoms with Gasteiger partial charge in [-0.3, -0.25) is 4.79 Å². The van der Waals surface area contributed by atoms with Gasteiger partial charge in [-0.1, -0.05) is 49.4 Å². The van der Waals surface area contributed by atoms with Crippen LogP contribution < -0.4 is 14.9 Å². The number of carbonyl (C=O) groups excluding carboxylic acids is 1. The van der Waals surface area contributed by atoms with E-state index in [1.807, 2.05) is 85.1 Å². The van der Waals surface area contributed by atoms with E-state index in [1.165, 1.54) is 0 Å². The van der Waals surface area contributed by atoms with E-state index in [1.54, 1.807) is 17.0 Å². The summed E-state index contributed by atoms with van der Waals surface area (Å²) in [6.07, 6.45) is 6.87. The van der Waals surface area contributed by atoms with Gasteiger partial charge in [0.25, 0.3) is 5.91 Å². The van der Waals surface area contributed by atoms with Gasteiger partial charge in [-0.05, 0) is 60.9 Å². The highest BCUT2D eigenvalue weighted by Crippen LogP contribution is 2.25. The lowest BCUT2D eigenvalue weighted by molar-refractivity contribution is -0.123. The number of nitrogens with one attached hydrogen (secondary N) is 1. The number of amides is 1. The van der Waals surface area contributed by atoms with Crippen molar-refractivity contribution >= 4 is 12.1 Å². The summed E-state index contributed by atoms with van der Waals surface area (Å²) in [6.45, 7) is 6.35. The van der Waals surface area contributed by atoms with Crippen molar-refractivity contribution < 1.29 is 14.3 Å². The Balaban J connectivity index is 1.48. The topological polar surface area (TPSA) is 77.7 Å². The molecule has 0 aliphatic heterocycles. The van der Waals surface area contributed by atoms with E-state index in [0.29, 0.717) is 18.8 Å². The number of rotatable bonds is 12. The molecule has 0 saturated carbocycles. The summed E-state index contributed by atoms with van der Waals surface area (Å²) in [6, 6.07) is 25.2. The Morgan fingerprint density at radius 2 is 1.78 bits per heavy atom. The summed E-state index contributed by atoms with van der Waals surface area (Å²) in [7, 11) is 0. The first-order chi connectivity index (χ1) is 18.2. The molecule has 4 aromatic rings. The van der Waals surface area contributed by atoms with E-state index in [2.05, 4.69) is 24.0 Å². The van der Waals surface area contributed by atoms with Crippen LogP contribution in [-0.4, -0.2) is 35.1 Å². The van der Waals surface area contributed by atoms with Crippen LogP contribution >= 0.6 is 0 Å². The number of nitrogens with zero attached hydrogens (tertiary/aromatic N) is 3. The number of ether oxygens (including phenoxy) is 2. The third kappa shape index (κ3) is 6.95. The van der Waals surface area contributed by atoms with Crippen LogP contribution in [0.4, 0.5) is 0 Å². The predicted octanol–water partition coefficient (Wildman–Crippen LogP) is 5.59. The van der Waals surface area contributed by atoms with Gasteiger partial charge in [0.2, 0.25) is 0 Å². The van der Waals surface area contributed by atoms with Crippen molar-refractivity contribution in [1.29, 1.82) is 0 Å². The van der Waals surface area contributed by atoms with E-state index in [-0.39, 0.29) is 12.5 Å². The molecular weight excluding hydrogens is 464 g/mol. The predicted molar refractivity (Wildman–Crippen MR) is 146 cm³/mol. The molecule has 0 spiro atoms. The van der Waals surface area contributed by atoms with Crippen LogP contribution in [0.25, 0.3) is 16.9 Å². The lowest BCUT2D eigenvalue weighted by atomic mass is 10.1. The molecule has 0 bridgehead atoms. The van der Waals surface area contributed by atoms with Crippen LogP contribution in [0, 0.1) is 0 Å². The fourth-order valence-electron chi connectivity index (χ4n) is 3.67. The molecule has 0 radical (unpaired) electrons. The Bertz CT molecular complexity index is 1350.